The van der Waals surface area contributed by atoms with E-state index in [1.54, 1.807) is 38.6 Å². The molecule has 0 aliphatic rings. The number of alkyl carbamates (subject to hydrolysis) is 1. The van der Waals surface area contributed by atoms with E-state index in [4.69, 9.17) is 4.74 Å². The molecule has 8 heteroatoms. The van der Waals surface area contributed by atoms with Crippen LogP contribution in [-0.4, -0.2) is 36.8 Å². The number of rotatable bonds is 8. The third kappa shape index (κ3) is 7.65. The first kappa shape index (κ1) is 22.5. The van der Waals surface area contributed by atoms with Crippen molar-refractivity contribution in [2.45, 2.75) is 37.3 Å². The van der Waals surface area contributed by atoms with Crippen LogP contribution in [0.2, 0.25) is 0 Å². The van der Waals surface area contributed by atoms with Gasteiger partial charge in [0.25, 0.3) is 0 Å². The predicted molar refractivity (Wildman–Crippen MR) is 116 cm³/mol. The fourth-order valence-electron chi connectivity index (χ4n) is 2.44. The van der Waals surface area contributed by atoms with E-state index in [1.807, 2.05) is 30.5 Å². The van der Waals surface area contributed by atoms with E-state index in [-0.39, 0.29) is 6.54 Å². The van der Waals surface area contributed by atoms with Crippen LogP contribution in [-0.2, 0) is 9.53 Å². The molecule has 2 aromatic rings. The van der Waals surface area contributed by atoms with Gasteiger partial charge in [0.1, 0.15) is 23.7 Å². The number of benzene rings is 2. The largest absolute Gasteiger partial charge is 0.444 e. The van der Waals surface area contributed by atoms with Crippen LogP contribution >= 0.6 is 11.8 Å². The minimum atomic E-state index is -0.833. The third-order valence-corrected chi connectivity index (χ3v) is 4.43. The highest BCUT2D eigenvalue weighted by atomic mass is 32.2. The zero-order valence-corrected chi connectivity index (χ0v) is 17.7. The van der Waals surface area contributed by atoms with Crippen molar-refractivity contribution in [1.82, 2.24) is 5.32 Å². The average molecular weight is 420 g/mol. The molecule has 0 saturated carbocycles. The van der Waals surface area contributed by atoms with E-state index < -0.39 is 23.6 Å². The van der Waals surface area contributed by atoms with Gasteiger partial charge in [-0.2, -0.15) is 0 Å². The van der Waals surface area contributed by atoms with E-state index >= 15 is 0 Å². The van der Waals surface area contributed by atoms with E-state index in [2.05, 4.69) is 16.0 Å². The van der Waals surface area contributed by atoms with Gasteiger partial charge in [-0.15, -0.1) is 11.8 Å². The second kappa shape index (κ2) is 10.2. The summed E-state index contributed by atoms with van der Waals surface area (Å²) in [6, 6.07) is 11.3. The summed E-state index contributed by atoms with van der Waals surface area (Å²) in [6.45, 7) is 5.28. The summed E-state index contributed by atoms with van der Waals surface area (Å²) < 4.78 is 18.9. The van der Waals surface area contributed by atoms with Crippen molar-refractivity contribution in [3.05, 3.63) is 48.3 Å². The highest BCUT2D eigenvalue weighted by molar-refractivity contribution is 7.98. The molecule has 0 radical (unpaired) electrons. The van der Waals surface area contributed by atoms with Crippen molar-refractivity contribution in [3.63, 3.8) is 0 Å². The topological polar surface area (TPSA) is 79.5 Å². The lowest BCUT2D eigenvalue weighted by Crippen LogP contribution is -2.43. The number of carbonyl (C=O) groups excluding carboxylic acids is 2. The molecule has 0 aliphatic heterocycles. The van der Waals surface area contributed by atoms with Gasteiger partial charge in [0, 0.05) is 17.1 Å². The Labute approximate surface area is 174 Å². The first-order valence-corrected chi connectivity index (χ1v) is 10.3. The standard InChI is InChI=1S/C21H26FN3O3S/c1-21(2,3)28-20(27)25-16(13-26)12-23-19-10-14(22)8-9-18(19)24-15-6-5-7-17(11-15)29-4/h5-11,13,16,23-24H,12H2,1-4H3,(H,25,27). The zero-order valence-electron chi connectivity index (χ0n) is 16.9. The lowest BCUT2D eigenvalue weighted by atomic mass is 10.2. The quantitative estimate of drug-likeness (QED) is 0.422. The van der Waals surface area contributed by atoms with Crippen LogP contribution in [0.1, 0.15) is 20.8 Å². The molecule has 1 atom stereocenters. The average Bonchev–Trinajstić information content (AvgIpc) is 2.65. The van der Waals surface area contributed by atoms with Gasteiger partial charge in [-0.1, -0.05) is 6.07 Å². The monoisotopic (exact) mass is 419 g/mol. The fraction of sp³-hybridized carbons (Fsp3) is 0.333. The van der Waals surface area contributed by atoms with E-state index in [9.17, 15) is 14.0 Å². The normalized spacial score (nSPS) is 12.0. The van der Waals surface area contributed by atoms with Crippen LogP contribution in [0.5, 0.6) is 0 Å². The molecule has 1 unspecified atom stereocenters. The molecule has 0 fully saturated rings. The number of nitrogens with one attached hydrogen (secondary N) is 3. The first-order chi connectivity index (χ1) is 13.7. The summed E-state index contributed by atoms with van der Waals surface area (Å²) in [5.41, 5.74) is 1.30. The summed E-state index contributed by atoms with van der Waals surface area (Å²) in [5.74, 6) is -0.418. The number of hydrogen-bond acceptors (Lipinski definition) is 6. The Kier molecular flexibility index (Phi) is 7.90. The van der Waals surface area contributed by atoms with Crippen molar-refractivity contribution in [1.29, 1.82) is 0 Å². The van der Waals surface area contributed by atoms with Crippen molar-refractivity contribution < 1.29 is 18.7 Å². The number of aldehydes is 1. The van der Waals surface area contributed by atoms with Gasteiger partial charge in [-0.25, -0.2) is 9.18 Å². The number of carbonyl (C=O) groups is 2. The van der Waals surface area contributed by atoms with Crippen LogP contribution in [0, 0.1) is 5.82 Å². The van der Waals surface area contributed by atoms with Crippen LogP contribution in [0.4, 0.5) is 26.2 Å². The van der Waals surface area contributed by atoms with Crippen molar-refractivity contribution in [2.75, 3.05) is 23.4 Å². The molecule has 0 aromatic heterocycles. The van der Waals surface area contributed by atoms with Crippen molar-refractivity contribution in [3.8, 4) is 0 Å². The summed E-state index contributed by atoms with van der Waals surface area (Å²) in [7, 11) is 0. The number of thioether (sulfide) groups is 1. The van der Waals surface area contributed by atoms with Crippen molar-refractivity contribution in [2.24, 2.45) is 0 Å². The molecule has 0 heterocycles. The van der Waals surface area contributed by atoms with Crippen LogP contribution < -0.4 is 16.0 Å². The zero-order chi connectivity index (χ0) is 21.4. The Morgan fingerprint density at radius 1 is 1.21 bits per heavy atom. The molecule has 0 spiro atoms. The molecule has 3 N–H and O–H groups in total. The Balaban J connectivity index is 2.08. The van der Waals surface area contributed by atoms with Gasteiger partial charge < -0.3 is 25.5 Å². The van der Waals surface area contributed by atoms with Gasteiger partial charge in [-0.05, 0) is 63.4 Å². The van der Waals surface area contributed by atoms with E-state index in [1.165, 1.54) is 12.1 Å². The van der Waals surface area contributed by atoms with Crippen LogP contribution in [0.15, 0.2) is 47.4 Å². The van der Waals surface area contributed by atoms with Crippen molar-refractivity contribution >= 4 is 41.2 Å². The minimum absolute atomic E-state index is 0.0751. The van der Waals surface area contributed by atoms with Gasteiger partial charge >= 0.3 is 6.09 Å². The molecular weight excluding hydrogens is 393 g/mol. The molecule has 156 valence electrons. The lowest BCUT2D eigenvalue weighted by Gasteiger charge is -2.22. The fourth-order valence-corrected chi connectivity index (χ4v) is 2.90. The molecule has 29 heavy (non-hydrogen) atoms. The summed E-state index contributed by atoms with van der Waals surface area (Å²) in [4.78, 5) is 24.3. The minimum Gasteiger partial charge on any atom is -0.444 e. The van der Waals surface area contributed by atoms with Gasteiger partial charge in [-0.3, -0.25) is 0 Å². The molecule has 0 bridgehead atoms. The Morgan fingerprint density at radius 3 is 2.62 bits per heavy atom. The number of anilines is 3. The molecule has 2 aromatic carbocycles. The second-order valence-corrected chi connectivity index (χ2v) is 8.20. The Hall–Kier alpha value is -2.74. The number of halogens is 1. The summed E-state index contributed by atoms with van der Waals surface area (Å²) >= 11 is 1.62. The van der Waals surface area contributed by atoms with Crippen LogP contribution in [0.3, 0.4) is 0 Å². The second-order valence-electron chi connectivity index (χ2n) is 7.32. The SMILES string of the molecule is CSc1cccc(Nc2ccc(F)cc2NCC(C=O)NC(=O)OC(C)(C)C)c1. The maximum atomic E-state index is 13.8. The number of hydrogen-bond donors (Lipinski definition) is 3. The molecule has 2 rings (SSSR count). The Bertz CT molecular complexity index is 855. The van der Waals surface area contributed by atoms with Crippen LogP contribution in [0.25, 0.3) is 0 Å². The number of amides is 1. The maximum absolute atomic E-state index is 13.8. The van der Waals surface area contributed by atoms with E-state index in [0.717, 1.165) is 10.6 Å². The maximum Gasteiger partial charge on any atom is 0.408 e. The Morgan fingerprint density at radius 2 is 1.97 bits per heavy atom. The highest BCUT2D eigenvalue weighted by Crippen LogP contribution is 2.28. The van der Waals surface area contributed by atoms with E-state index in [0.29, 0.717) is 17.7 Å². The summed E-state index contributed by atoms with van der Waals surface area (Å²) in [5, 5.41) is 8.74. The smallest absolute Gasteiger partial charge is 0.408 e. The van der Waals surface area contributed by atoms with Gasteiger partial charge in [0.05, 0.1) is 11.4 Å². The molecule has 1 amide bonds. The lowest BCUT2D eigenvalue weighted by molar-refractivity contribution is -0.109. The third-order valence-electron chi connectivity index (χ3n) is 3.71. The molecule has 0 saturated heterocycles. The molecule has 0 aliphatic carbocycles. The molecule has 6 nitrogen and oxygen atoms in total. The highest BCUT2D eigenvalue weighted by Gasteiger charge is 2.19. The number of ether oxygens (including phenoxy) is 1. The summed E-state index contributed by atoms with van der Waals surface area (Å²) in [6.07, 6.45) is 1.90. The molecular formula is C21H26FN3O3S. The first-order valence-electron chi connectivity index (χ1n) is 9.09. The van der Waals surface area contributed by atoms with Gasteiger partial charge in [0.2, 0.25) is 0 Å². The predicted octanol–water partition coefficient (Wildman–Crippen LogP) is 4.80. The van der Waals surface area contributed by atoms with Gasteiger partial charge in [0.15, 0.2) is 0 Å².